The largest absolute Gasteiger partial charge is 0.324 e. The van der Waals surface area contributed by atoms with Crippen molar-refractivity contribution in [3.05, 3.63) is 96.1 Å². The van der Waals surface area contributed by atoms with Gasteiger partial charge >= 0.3 is 0 Å². The Labute approximate surface area is 177 Å². The number of nitrogens with one attached hydrogen (secondary N) is 3. The van der Waals surface area contributed by atoms with Gasteiger partial charge in [-0.25, -0.2) is 0 Å². The molecule has 0 radical (unpaired) electrons. The first-order chi connectivity index (χ1) is 14.7. The third-order valence-electron chi connectivity index (χ3n) is 4.77. The maximum atomic E-state index is 12.7. The van der Waals surface area contributed by atoms with Gasteiger partial charge < -0.3 is 16.0 Å². The number of carbonyl (C=O) groups is 2. The molecule has 5 nitrogen and oxygen atoms in total. The van der Waals surface area contributed by atoms with Crippen LogP contribution in [-0.4, -0.2) is 18.4 Å². The van der Waals surface area contributed by atoms with Gasteiger partial charge in [-0.2, -0.15) is 0 Å². The lowest BCUT2D eigenvalue weighted by Crippen LogP contribution is -2.32. The lowest BCUT2D eigenvalue weighted by molar-refractivity contribution is -0.115. The molecule has 0 heterocycles. The number of benzene rings is 3. The van der Waals surface area contributed by atoms with E-state index in [0.29, 0.717) is 16.9 Å². The highest BCUT2D eigenvalue weighted by molar-refractivity contribution is 6.10. The summed E-state index contributed by atoms with van der Waals surface area (Å²) in [4.78, 5) is 25.3. The number of hydrogen-bond acceptors (Lipinski definition) is 3. The molecule has 0 fully saturated rings. The van der Waals surface area contributed by atoms with Crippen molar-refractivity contribution < 1.29 is 9.59 Å². The molecule has 30 heavy (non-hydrogen) atoms. The van der Waals surface area contributed by atoms with Crippen molar-refractivity contribution in [2.75, 3.05) is 17.2 Å². The molecular weight excluding hydrogens is 374 g/mol. The standard InChI is InChI=1S/C25H27N3O2/c1-2-11-22(19-12-5-3-6-13-19)26-18-24(29)28-23-17-10-9-16-21(23)25(30)27-20-14-7-4-8-15-20/h3-10,12-17,22,26H,2,11,18H2,1H3,(H,27,30)(H,28,29)/t22-/m0/s1. The van der Waals surface area contributed by atoms with Crippen molar-refractivity contribution in [2.24, 2.45) is 0 Å². The number of rotatable bonds is 9. The maximum Gasteiger partial charge on any atom is 0.257 e. The van der Waals surface area contributed by atoms with Crippen LogP contribution in [0.25, 0.3) is 0 Å². The van der Waals surface area contributed by atoms with E-state index in [1.165, 1.54) is 0 Å². The number of hydrogen-bond donors (Lipinski definition) is 3. The third kappa shape index (κ3) is 6.03. The van der Waals surface area contributed by atoms with Crippen molar-refractivity contribution >= 4 is 23.2 Å². The summed E-state index contributed by atoms with van der Waals surface area (Å²) >= 11 is 0. The van der Waals surface area contributed by atoms with E-state index >= 15 is 0 Å². The van der Waals surface area contributed by atoms with Crippen molar-refractivity contribution in [2.45, 2.75) is 25.8 Å². The van der Waals surface area contributed by atoms with Gasteiger partial charge in [-0.1, -0.05) is 74.0 Å². The minimum Gasteiger partial charge on any atom is -0.324 e. The third-order valence-corrected chi connectivity index (χ3v) is 4.77. The summed E-state index contributed by atoms with van der Waals surface area (Å²) in [5.41, 5.74) is 2.78. The number of anilines is 2. The Morgan fingerprint density at radius 3 is 2.13 bits per heavy atom. The summed E-state index contributed by atoms with van der Waals surface area (Å²) < 4.78 is 0. The summed E-state index contributed by atoms with van der Waals surface area (Å²) in [7, 11) is 0. The second-order valence-electron chi connectivity index (χ2n) is 7.05. The molecule has 0 aliphatic carbocycles. The molecular formula is C25H27N3O2. The lowest BCUT2D eigenvalue weighted by atomic mass is 10.0. The monoisotopic (exact) mass is 401 g/mol. The highest BCUT2D eigenvalue weighted by Crippen LogP contribution is 2.19. The van der Waals surface area contributed by atoms with Gasteiger partial charge in [-0.3, -0.25) is 9.59 Å². The van der Waals surface area contributed by atoms with Gasteiger partial charge in [0.2, 0.25) is 5.91 Å². The zero-order valence-corrected chi connectivity index (χ0v) is 17.1. The van der Waals surface area contributed by atoms with Crippen molar-refractivity contribution in [3.63, 3.8) is 0 Å². The van der Waals surface area contributed by atoms with Crippen LogP contribution in [0.3, 0.4) is 0 Å². The zero-order chi connectivity index (χ0) is 21.2. The van der Waals surface area contributed by atoms with E-state index in [9.17, 15) is 9.59 Å². The van der Waals surface area contributed by atoms with Gasteiger partial charge in [-0.05, 0) is 36.2 Å². The average molecular weight is 402 g/mol. The molecule has 3 N–H and O–H groups in total. The summed E-state index contributed by atoms with van der Waals surface area (Å²) in [6.45, 7) is 2.29. The molecule has 3 aromatic rings. The molecule has 0 bridgehead atoms. The molecule has 0 aliphatic heterocycles. The van der Waals surface area contributed by atoms with Crippen LogP contribution in [0.1, 0.15) is 41.7 Å². The van der Waals surface area contributed by atoms with Gasteiger partial charge in [0.05, 0.1) is 17.8 Å². The fourth-order valence-corrected chi connectivity index (χ4v) is 3.28. The number of para-hydroxylation sites is 2. The summed E-state index contributed by atoms with van der Waals surface area (Å²) in [6.07, 6.45) is 1.95. The Morgan fingerprint density at radius 1 is 0.800 bits per heavy atom. The van der Waals surface area contributed by atoms with E-state index in [4.69, 9.17) is 0 Å². The molecule has 3 aromatic carbocycles. The number of amides is 2. The van der Waals surface area contributed by atoms with Crippen LogP contribution in [0.15, 0.2) is 84.9 Å². The topological polar surface area (TPSA) is 70.2 Å². The normalized spacial score (nSPS) is 11.5. The molecule has 154 valence electrons. The van der Waals surface area contributed by atoms with Gasteiger partial charge in [0, 0.05) is 11.7 Å². The lowest BCUT2D eigenvalue weighted by Gasteiger charge is -2.19. The SMILES string of the molecule is CCC[C@H](NCC(=O)Nc1ccccc1C(=O)Nc1ccccc1)c1ccccc1. The van der Waals surface area contributed by atoms with Crippen LogP contribution < -0.4 is 16.0 Å². The van der Waals surface area contributed by atoms with E-state index in [0.717, 1.165) is 18.4 Å². The highest BCUT2D eigenvalue weighted by Gasteiger charge is 2.15. The number of carbonyl (C=O) groups excluding carboxylic acids is 2. The Balaban J connectivity index is 1.63. The molecule has 0 aromatic heterocycles. The van der Waals surface area contributed by atoms with Gasteiger partial charge in [0.1, 0.15) is 0 Å². The van der Waals surface area contributed by atoms with Crippen molar-refractivity contribution in [1.82, 2.24) is 5.32 Å². The summed E-state index contributed by atoms with van der Waals surface area (Å²) in [5.74, 6) is -0.454. The predicted molar refractivity (Wildman–Crippen MR) is 122 cm³/mol. The Bertz CT molecular complexity index is 958. The van der Waals surface area contributed by atoms with Crippen LogP contribution in [-0.2, 0) is 4.79 Å². The molecule has 0 aliphatic rings. The molecule has 0 saturated heterocycles. The first-order valence-electron chi connectivity index (χ1n) is 10.2. The average Bonchev–Trinajstić information content (AvgIpc) is 2.78. The minimum atomic E-state index is -0.266. The van der Waals surface area contributed by atoms with E-state index in [1.54, 1.807) is 24.3 Å². The smallest absolute Gasteiger partial charge is 0.257 e. The Kier molecular flexibility index (Phi) is 7.75. The first-order valence-corrected chi connectivity index (χ1v) is 10.2. The van der Waals surface area contributed by atoms with E-state index in [-0.39, 0.29) is 24.4 Å². The fourth-order valence-electron chi connectivity index (χ4n) is 3.28. The summed E-state index contributed by atoms with van der Waals surface area (Å²) in [5, 5.41) is 9.05. The van der Waals surface area contributed by atoms with E-state index in [2.05, 4.69) is 35.0 Å². The Hall–Kier alpha value is -3.44. The Morgan fingerprint density at radius 2 is 1.43 bits per heavy atom. The molecule has 0 unspecified atom stereocenters. The van der Waals surface area contributed by atoms with Gasteiger partial charge in [-0.15, -0.1) is 0 Å². The van der Waals surface area contributed by atoms with Crippen molar-refractivity contribution in [1.29, 1.82) is 0 Å². The predicted octanol–water partition coefficient (Wildman–Crippen LogP) is 5.01. The molecule has 3 rings (SSSR count). The van der Waals surface area contributed by atoms with E-state index < -0.39 is 0 Å². The molecule has 1 atom stereocenters. The summed E-state index contributed by atoms with van der Waals surface area (Å²) in [6, 6.07) is 26.5. The minimum absolute atomic E-state index is 0.110. The molecule has 0 spiro atoms. The highest BCUT2D eigenvalue weighted by atomic mass is 16.2. The molecule has 0 saturated carbocycles. The van der Waals surface area contributed by atoms with Gasteiger partial charge in [0.15, 0.2) is 0 Å². The van der Waals surface area contributed by atoms with E-state index in [1.807, 2.05) is 48.5 Å². The van der Waals surface area contributed by atoms with Crippen LogP contribution in [0, 0.1) is 0 Å². The molecule has 5 heteroatoms. The quantitative estimate of drug-likeness (QED) is 0.472. The second kappa shape index (κ2) is 10.9. The van der Waals surface area contributed by atoms with Gasteiger partial charge in [0.25, 0.3) is 5.91 Å². The second-order valence-corrected chi connectivity index (χ2v) is 7.05. The van der Waals surface area contributed by atoms with Crippen LogP contribution in [0.5, 0.6) is 0 Å². The van der Waals surface area contributed by atoms with Crippen LogP contribution >= 0.6 is 0 Å². The fraction of sp³-hybridized carbons (Fsp3) is 0.200. The first kappa shape index (κ1) is 21.3. The van der Waals surface area contributed by atoms with Crippen molar-refractivity contribution in [3.8, 4) is 0 Å². The van der Waals surface area contributed by atoms with Crippen LogP contribution in [0.4, 0.5) is 11.4 Å². The maximum absolute atomic E-state index is 12.7. The van der Waals surface area contributed by atoms with Crippen LogP contribution in [0.2, 0.25) is 0 Å². The molecule has 2 amide bonds. The zero-order valence-electron chi connectivity index (χ0n) is 17.1.